The summed E-state index contributed by atoms with van der Waals surface area (Å²) < 4.78 is 12.6. The summed E-state index contributed by atoms with van der Waals surface area (Å²) >= 11 is 0. The van der Waals surface area contributed by atoms with Gasteiger partial charge in [0.2, 0.25) is 0 Å². The number of aromatic nitrogens is 3. The molecule has 1 heterocycles. The molecule has 0 aliphatic carbocycles. The van der Waals surface area contributed by atoms with E-state index in [1.165, 1.54) is 5.56 Å². The van der Waals surface area contributed by atoms with E-state index >= 15 is 0 Å². The lowest BCUT2D eigenvalue weighted by atomic mass is 9.87. The molecule has 0 fully saturated rings. The molecule has 1 aromatic carbocycles. The second-order valence-corrected chi connectivity index (χ2v) is 6.42. The van der Waals surface area contributed by atoms with Gasteiger partial charge in [-0.2, -0.15) is 0 Å². The summed E-state index contributed by atoms with van der Waals surface area (Å²) in [6, 6.07) is 8.14. The number of methoxy groups -OCH3 is 1. The first-order valence-corrected chi connectivity index (χ1v) is 7.70. The SMILES string of the molecule is COCc1c(CO)nnn1CCOc1ccc(C(C)(C)C)cc1. The van der Waals surface area contributed by atoms with Crippen molar-refractivity contribution >= 4 is 0 Å². The van der Waals surface area contributed by atoms with E-state index in [0.29, 0.717) is 25.5 Å². The van der Waals surface area contributed by atoms with E-state index in [-0.39, 0.29) is 12.0 Å². The molecule has 0 saturated heterocycles. The highest BCUT2D eigenvalue weighted by molar-refractivity contribution is 5.31. The monoisotopic (exact) mass is 319 g/mol. The summed E-state index contributed by atoms with van der Waals surface area (Å²) in [5, 5.41) is 17.2. The molecule has 0 saturated carbocycles. The Morgan fingerprint density at radius 3 is 2.43 bits per heavy atom. The van der Waals surface area contributed by atoms with Gasteiger partial charge < -0.3 is 14.6 Å². The van der Waals surface area contributed by atoms with E-state index < -0.39 is 0 Å². The van der Waals surface area contributed by atoms with E-state index in [4.69, 9.17) is 9.47 Å². The quantitative estimate of drug-likeness (QED) is 0.848. The summed E-state index contributed by atoms with van der Waals surface area (Å²) in [6.45, 7) is 7.79. The molecule has 23 heavy (non-hydrogen) atoms. The molecule has 126 valence electrons. The van der Waals surface area contributed by atoms with Gasteiger partial charge >= 0.3 is 0 Å². The molecule has 0 aliphatic heterocycles. The average Bonchev–Trinajstić information content (AvgIpc) is 2.90. The first kappa shape index (κ1) is 17.4. The Labute approximate surface area is 137 Å². The smallest absolute Gasteiger partial charge is 0.119 e. The molecule has 0 spiro atoms. The van der Waals surface area contributed by atoms with Crippen LogP contribution >= 0.6 is 0 Å². The van der Waals surface area contributed by atoms with Crippen molar-refractivity contribution in [3.8, 4) is 5.75 Å². The summed E-state index contributed by atoms with van der Waals surface area (Å²) in [6.07, 6.45) is 0. The molecule has 1 aromatic heterocycles. The summed E-state index contributed by atoms with van der Waals surface area (Å²) in [7, 11) is 1.60. The number of aliphatic hydroxyl groups excluding tert-OH is 1. The fraction of sp³-hybridized carbons (Fsp3) is 0.529. The Kier molecular flexibility index (Phi) is 5.74. The van der Waals surface area contributed by atoms with E-state index in [0.717, 1.165) is 11.4 Å². The number of nitrogens with zero attached hydrogens (tertiary/aromatic N) is 3. The van der Waals surface area contributed by atoms with Crippen LogP contribution < -0.4 is 4.74 Å². The van der Waals surface area contributed by atoms with Gasteiger partial charge in [-0.15, -0.1) is 5.10 Å². The lowest BCUT2D eigenvalue weighted by Gasteiger charge is -2.19. The number of hydrogen-bond donors (Lipinski definition) is 1. The maximum Gasteiger partial charge on any atom is 0.119 e. The molecule has 2 aromatic rings. The maximum absolute atomic E-state index is 9.25. The predicted octanol–water partition coefficient (Wildman–Crippen LogP) is 2.29. The van der Waals surface area contributed by atoms with Gasteiger partial charge in [0.15, 0.2) is 0 Å². The first-order valence-electron chi connectivity index (χ1n) is 7.70. The standard InChI is InChI=1S/C17H25N3O3/c1-17(2,3)13-5-7-14(8-6-13)23-10-9-20-16(12-22-4)15(11-21)18-19-20/h5-8,21H,9-12H2,1-4H3. The molecule has 0 radical (unpaired) electrons. The second-order valence-electron chi connectivity index (χ2n) is 6.42. The van der Waals surface area contributed by atoms with Crippen LogP contribution in [0.2, 0.25) is 0 Å². The Morgan fingerprint density at radius 1 is 1.17 bits per heavy atom. The van der Waals surface area contributed by atoms with Crippen molar-refractivity contribution in [1.29, 1.82) is 0 Å². The summed E-state index contributed by atoms with van der Waals surface area (Å²) in [4.78, 5) is 0. The molecule has 2 rings (SSSR count). The van der Waals surface area contributed by atoms with E-state index in [9.17, 15) is 5.11 Å². The minimum Gasteiger partial charge on any atom is -0.492 e. The van der Waals surface area contributed by atoms with Crippen molar-refractivity contribution in [2.75, 3.05) is 13.7 Å². The zero-order chi connectivity index (χ0) is 16.9. The average molecular weight is 319 g/mol. The molecular weight excluding hydrogens is 294 g/mol. The topological polar surface area (TPSA) is 69.4 Å². The van der Waals surface area contributed by atoms with Crippen LogP contribution in [0.15, 0.2) is 24.3 Å². The third kappa shape index (κ3) is 4.53. The highest BCUT2D eigenvalue weighted by Gasteiger charge is 2.14. The van der Waals surface area contributed by atoms with E-state index in [1.807, 2.05) is 12.1 Å². The minimum absolute atomic E-state index is 0.134. The van der Waals surface area contributed by atoms with Gasteiger partial charge in [-0.3, -0.25) is 0 Å². The fourth-order valence-electron chi connectivity index (χ4n) is 2.27. The number of rotatable bonds is 7. The molecule has 0 unspecified atom stereocenters. The predicted molar refractivity (Wildman–Crippen MR) is 87.3 cm³/mol. The normalized spacial score (nSPS) is 11.7. The third-order valence-corrected chi connectivity index (χ3v) is 3.64. The van der Waals surface area contributed by atoms with Gasteiger partial charge in [-0.05, 0) is 23.1 Å². The minimum atomic E-state index is -0.145. The van der Waals surface area contributed by atoms with Crippen LogP contribution in [0, 0.1) is 0 Å². The Morgan fingerprint density at radius 2 is 1.87 bits per heavy atom. The Balaban J connectivity index is 1.94. The lowest BCUT2D eigenvalue weighted by Crippen LogP contribution is -2.14. The molecular formula is C17H25N3O3. The lowest BCUT2D eigenvalue weighted by molar-refractivity contribution is 0.170. The maximum atomic E-state index is 9.25. The van der Waals surface area contributed by atoms with Crippen LogP contribution in [0.25, 0.3) is 0 Å². The van der Waals surface area contributed by atoms with Gasteiger partial charge in [0.25, 0.3) is 0 Å². The van der Waals surface area contributed by atoms with Crippen LogP contribution in [-0.4, -0.2) is 33.8 Å². The van der Waals surface area contributed by atoms with Crippen LogP contribution in [0.4, 0.5) is 0 Å². The van der Waals surface area contributed by atoms with Crippen molar-refractivity contribution in [2.24, 2.45) is 0 Å². The highest BCUT2D eigenvalue weighted by Crippen LogP contribution is 2.24. The van der Waals surface area contributed by atoms with Crippen molar-refractivity contribution in [1.82, 2.24) is 15.0 Å². The summed E-state index contributed by atoms with van der Waals surface area (Å²) in [5.74, 6) is 0.828. The number of benzene rings is 1. The van der Waals surface area contributed by atoms with Gasteiger partial charge in [0.05, 0.1) is 25.5 Å². The number of ether oxygens (including phenoxy) is 2. The number of aliphatic hydroxyl groups is 1. The molecule has 0 bridgehead atoms. The van der Waals surface area contributed by atoms with Gasteiger partial charge in [0.1, 0.15) is 18.1 Å². The third-order valence-electron chi connectivity index (χ3n) is 3.64. The van der Waals surface area contributed by atoms with Crippen LogP contribution in [0.3, 0.4) is 0 Å². The zero-order valence-corrected chi connectivity index (χ0v) is 14.2. The number of hydrogen-bond acceptors (Lipinski definition) is 5. The van der Waals surface area contributed by atoms with Gasteiger partial charge in [-0.25, -0.2) is 4.68 Å². The summed E-state index contributed by atoms with van der Waals surface area (Å²) in [5.41, 5.74) is 2.73. The Bertz CT molecular complexity index is 615. The molecule has 0 aliphatic rings. The second kappa shape index (κ2) is 7.57. The van der Waals surface area contributed by atoms with Crippen molar-refractivity contribution in [3.63, 3.8) is 0 Å². The molecule has 6 heteroatoms. The largest absolute Gasteiger partial charge is 0.492 e. The first-order chi connectivity index (χ1) is 11.0. The van der Waals surface area contributed by atoms with Crippen molar-refractivity contribution in [3.05, 3.63) is 41.2 Å². The van der Waals surface area contributed by atoms with Gasteiger partial charge in [0, 0.05) is 7.11 Å². The molecule has 6 nitrogen and oxygen atoms in total. The molecule has 0 amide bonds. The van der Waals surface area contributed by atoms with E-state index in [2.05, 4.69) is 43.2 Å². The van der Waals surface area contributed by atoms with Crippen molar-refractivity contribution in [2.45, 2.75) is 45.9 Å². The molecule has 1 N–H and O–H groups in total. The fourth-order valence-corrected chi connectivity index (χ4v) is 2.27. The van der Waals surface area contributed by atoms with Crippen LogP contribution in [0.5, 0.6) is 5.75 Å². The van der Waals surface area contributed by atoms with Crippen molar-refractivity contribution < 1.29 is 14.6 Å². The van der Waals surface area contributed by atoms with Crippen LogP contribution in [0.1, 0.15) is 37.7 Å². The zero-order valence-electron chi connectivity index (χ0n) is 14.2. The van der Waals surface area contributed by atoms with Crippen LogP contribution in [-0.2, 0) is 29.9 Å². The van der Waals surface area contributed by atoms with E-state index in [1.54, 1.807) is 11.8 Å². The molecule has 0 atom stereocenters. The Hall–Kier alpha value is -1.92. The highest BCUT2D eigenvalue weighted by atomic mass is 16.5. The van der Waals surface area contributed by atoms with Gasteiger partial charge in [-0.1, -0.05) is 38.1 Å².